The van der Waals surface area contributed by atoms with Gasteiger partial charge in [0.05, 0.1) is 3.57 Å². The lowest BCUT2D eigenvalue weighted by Crippen LogP contribution is -2.19. The normalized spacial score (nSPS) is 12.6. The number of ether oxygens (including phenoxy) is 1. The Kier molecular flexibility index (Phi) is 3.64. The highest BCUT2D eigenvalue weighted by Gasteiger charge is 2.40. The summed E-state index contributed by atoms with van der Waals surface area (Å²) >= 11 is 1.26. The standard InChI is InChI=1S/C7H2F6INO2/c8-6(9,10)5-3(16)4(2(14)1-15-5)17-7(11,12)13/h1,16H. The zero-order chi connectivity index (χ0) is 13.4. The number of pyridine rings is 1. The minimum Gasteiger partial charge on any atom is -0.503 e. The fraction of sp³-hybridized carbons (Fsp3) is 0.286. The van der Waals surface area contributed by atoms with E-state index in [-0.39, 0.29) is 0 Å². The minimum absolute atomic E-state index is 0.398. The van der Waals surface area contributed by atoms with Gasteiger partial charge in [0.15, 0.2) is 17.2 Å². The third-order valence-electron chi connectivity index (χ3n) is 1.45. The summed E-state index contributed by atoms with van der Waals surface area (Å²) in [6, 6.07) is 0. The Hall–Kier alpha value is -0.940. The first-order valence-electron chi connectivity index (χ1n) is 3.73. The van der Waals surface area contributed by atoms with Gasteiger partial charge < -0.3 is 9.84 Å². The summed E-state index contributed by atoms with van der Waals surface area (Å²) in [7, 11) is 0. The Morgan fingerprint density at radius 3 is 2.12 bits per heavy atom. The molecule has 0 saturated heterocycles. The van der Waals surface area contributed by atoms with Crippen molar-refractivity contribution in [3.63, 3.8) is 0 Å². The number of hydrogen-bond acceptors (Lipinski definition) is 3. The number of hydrogen-bond donors (Lipinski definition) is 1. The summed E-state index contributed by atoms with van der Waals surface area (Å²) in [5, 5.41) is 9.06. The third-order valence-corrected chi connectivity index (χ3v) is 2.22. The topological polar surface area (TPSA) is 42.4 Å². The predicted octanol–water partition coefficient (Wildman–Crippen LogP) is 3.31. The minimum atomic E-state index is -5.21. The lowest BCUT2D eigenvalue weighted by Gasteiger charge is -2.14. The maximum Gasteiger partial charge on any atom is 0.573 e. The molecule has 0 spiro atoms. The monoisotopic (exact) mass is 373 g/mol. The lowest BCUT2D eigenvalue weighted by molar-refractivity contribution is -0.275. The molecule has 1 rings (SSSR count). The highest BCUT2D eigenvalue weighted by molar-refractivity contribution is 14.1. The van der Waals surface area contributed by atoms with Crippen LogP contribution in [0.4, 0.5) is 26.3 Å². The molecule has 1 aromatic heterocycles. The van der Waals surface area contributed by atoms with Gasteiger partial charge in [-0.05, 0) is 22.6 Å². The smallest absolute Gasteiger partial charge is 0.503 e. The maximum atomic E-state index is 12.2. The van der Waals surface area contributed by atoms with Gasteiger partial charge in [0.2, 0.25) is 0 Å². The van der Waals surface area contributed by atoms with Crippen LogP contribution in [0.25, 0.3) is 0 Å². The van der Waals surface area contributed by atoms with E-state index in [2.05, 4.69) is 9.72 Å². The van der Waals surface area contributed by atoms with Crippen molar-refractivity contribution in [2.75, 3.05) is 0 Å². The van der Waals surface area contributed by atoms with Crippen molar-refractivity contribution in [2.24, 2.45) is 0 Å². The summed E-state index contributed by atoms with van der Waals surface area (Å²) in [5.41, 5.74) is -1.84. The first-order chi connectivity index (χ1) is 7.52. The molecule has 0 fully saturated rings. The highest BCUT2D eigenvalue weighted by atomic mass is 127. The Labute approximate surface area is 104 Å². The fourth-order valence-corrected chi connectivity index (χ4v) is 1.39. The third kappa shape index (κ3) is 3.51. The Morgan fingerprint density at radius 2 is 1.71 bits per heavy atom. The van der Waals surface area contributed by atoms with E-state index in [0.717, 1.165) is 0 Å². The molecule has 0 saturated carbocycles. The average Bonchev–Trinajstić information content (AvgIpc) is 2.08. The molecule has 96 valence electrons. The number of aromatic nitrogens is 1. The van der Waals surface area contributed by atoms with Crippen molar-refractivity contribution in [3.05, 3.63) is 15.5 Å². The molecule has 0 aromatic carbocycles. The second kappa shape index (κ2) is 4.38. The predicted molar refractivity (Wildman–Crippen MR) is 50.3 cm³/mol. The van der Waals surface area contributed by atoms with Gasteiger partial charge in [-0.15, -0.1) is 13.2 Å². The first-order valence-corrected chi connectivity index (χ1v) is 4.80. The molecule has 0 atom stereocenters. The molecule has 1 heterocycles. The van der Waals surface area contributed by atoms with Gasteiger partial charge in [-0.1, -0.05) is 0 Å². The van der Waals surface area contributed by atoms with E-state index in [1.165, 1.54) is 22.6 Å². The van der Waals surface area contributed by atoms with Gasteiger partial charge in [-0.3, -0.25) is 0 Å². The Balaban J connectivity index is 3.31. The molecule has 1 N–H and O–H groups in total. The van der Waals surface area contributed by atoms with Crippen LogP contribution in [0.3, 0.4) is 0 Å². The van der Waals surface area contributed by atoms with E-state index in [0.29, 0.717) is 6.20 Å². The number of halogens is 7. The van der Waals surface area contributed by atoms with Crippen molar-refractivity contribution in [1.82, 2.24) is 4.98 Å². The van der Waals surface area contributed by atoms with Crippen LogP contribution in [0.2, 0.25) is 0 Å². The van der Waals surface area contributed by atoms with Crippen molar-refractivity contribution in [2.45, 2.75) is 12.5 Å². The molecular weight excluding hydrogens is 371 g/mol. The molecule has 17 heavy (non-hydrogen) atoms. The summed E-state index contributed by atoms with van der Waals surface area (Å²) < 4.78 is 75.3. The highest BCUT2D eigenvalue weighted by Crippen LogP contribution is 2.43. The molecule has 0 aliphatic heterocycles. The van der Waals surface area contributed by atoms with Crippen LogP contribution in [0.5, 0.6) is 11.5 Å². The van der Waals surface area contributed by atoms with E-state index >= 15 is 0 Å². The second-order valence-corrected chi connectivity index (χ2v) is 3.84. The van der Waals surface area contributed by atoms with Gasteiger partial charge >= 0.3 is 12.5 Å². The molecule has 3 nitrogen and oxygen atoms in total. The molecule has 0 aliphatic rings. The molecular formula is C7H2F6INO2. The van der Waals surface area contributed by atoms with Crippen LogP contribution >= 0.6 is 22.6 Å². The molecule has 0 radical (unpaired) electrons. The SMILES string of the molecule is Oc1c(C(F)(F)F)ncc(I)c1OC(F)(F)F. The first kappa shape index (κ1) is 14.1. The van der Waals surface area contributed by atoms with Crippen LogP contribution in [-0.2, 0) is 6.18 Å². The lowest BCUT2D eigenvalue weighted by atomic mass is 10.3. The number of rotatable bonds is 1. The zero-order valence-corrected chi connectivity index (χ0v) is 9.68. The number of aromatic hydroxyl groups is 1. The van der Waals surface area contributed by atoms with Crippen LogP contribution in [0, 0.1) is 3.57 Å². The van der Waals surface area contributed by atoms with Crippen LogP contribution in [-0.4, -0.2) is 16.5 Å². The molecule has 1 aromatic rings. The van der Waals surface area contributed by atoms with E-state index in [9.17, 15) is 26.3 Å². The maximum absolute atomic E-state index is 12.2. The second-order valence-electron chi connectivity index (χ2n) is 2.68. The van der Waals surface area contributed by atoms with Crippen LogP contribution in [0.15, 0.2) is 6.20 Å². The van der Waals surface area contributed by atoms with E-state index in [1.54, 1.807) is 0 Å². The average molecular weight is 373 g/mol. The van der Waals surface area contributed by atoms with Crippen molar-refractivity contribution < 1.29 is 36.2 Å². The van der Waals surface area contributed by atoms with Crippen molar-refractivity contribution in [1.29, 1.82) is 0 Å². The van der Waals surface area contributed by atoms with Crippen molar-refractivity contribution >= 4 is 22.6 Å². The molecule has 0 bridgehead atoms. The molecule has 0 unspecified atom stereocenters. The molecule has 0 amide bonds. The summed E-state index contributed by atoms with van der Waals surface area (Å²) in [5.74, 6) is -3.01. The van der Waals surface area contributed by atoms with E-state index in [4.69, 9.17) is 5.11 Å². The summed E-state index contributed by atoms with van der Waals surface area (Å²) in [6.45, 7) is 0. The largest absolute Gasteiger partial charge is 0.573 e. The van der Waals surface area contributed by atoms with Gasteiger partial charge in [0, 0.05) is 6.20 Å². The summed E-state index contributed by atoms with van der Waals surface area (Å²) in [4.78, 5) is 2.81. The number of alkyl halides is 6. The van der Waals surface area contributed by atoms with Gasteiger partial charge in [0.1, 0.15) is 0 Å². The van der Waals surface area contributed by atoms with E-state index < -0.39 is 33.3 Å². The van der Waals surface area contributed by atoms with E-state index in [1.807, 2.05) is 0 Å². The van der Waals surface area contributed by atoms with Gasteiger partial charge in [-0.2, -0.15) is 13.2 Å². The van der Waals surface area contributed by atoms with Crippen molar-refractivity contribution in [3.8, 4) is 11.5 Å². The quantitative estimate of drug-likeness (QED) is 0.607. The van der Waals surface area contributed by atoms with Gasteiger partial charge in [-0.25, -0.2) is 4.98 Å². The molecule has 10 heteroatoms. The summed E-state index contributed by atoms with van der Waals surface area (Å²) in [6.07, 6.45) is -9.76. The molecule has 0 aliphatic carbocycles. The fourth-order valence-electron chi connectivity index (χ4n) is 0.882. The van der Waals surface area contributed by atoms with Crippen LogP contribution < -0.4 is 4.74 Å². The Bertz CT molecular complexity index is 430. The Morgan fingerprint density at radius 1 is 1.18 bits per heavy atom. The van der Waals surface area contributed by atoms with Gasteiger partial charge in [0.25, 0.3) is 0 Å². The zero-order valence-electron chi connectivity index (χ0n) is 7.53. The number of nitrogens with zero attached hydrogens (tertiary/aromatic N) is 1. The van der Waals surface area contributed by atoms with Crippen LogP contribution in [0.1, 0.15) is 5.69 Å².